The lowest BCUT2D eigenvalue weighted by Gasteiger charge is -2.06. The lowest BCUT2D eigenvalue weighted by Crippen LogP contribution is -1.93. The Bertz CT molecular complexity index is 1460. The zero-order valence-corrected chi connectivity index (χ0v) is 20.7. The van der Waals surface area contributed by atoms with Crippen molar-refractivity contribution >= 4 is 28.9 Å². The van der Waals surface area contributed by atoms with Crippen LogP contribution in [-0.4, -0.2) is 26.2 Å². The standard InChI is InChI=1S/C26H23ClN4O2S/c1-4-32-24-10-9-19(13-20(24)27)21-14-23-26(28-11-12-31(23)30-21)34-15-22-17(3)33-25(29-22)18-7-5-16(2)6-8-18/h5-14H,4,15H2,1-3H3. The minimum atomic E-state index is 0.565. The fraction of sp³-hybridized carbons (Fsp3) is 0.192. The largest absolute Gasteiger partial charge is 0.492 e. The molecule has 0 saturated carbocycles. The number of hydrogen-bond donors (Lipinski definition) is 0. The maximum Gasteiger partial charge on any atom is 0.226 e. The van der Waals surface area contributed by atoms with Gasteiger partial charge in [0.05, 0.1) is 28.5 Å². The van der Waals surface area contributed by atoms with Crippen molar-refractivity contribution in [1.29, 1.82) is 0 Å². The number of oxazole rings is 1. The van der Waals surface area contributed by atoms with Crippen molar-refractivity contribution in [3.63, 3.8) is 0 Å². The molecule has 6 nitrogen and oxygen atoms in total. The van der Waals surface area contributed by atoms with Crippen molar-refractivity contribution in [3.8, 4) is 28.5 Å². The summed E-state index contributed by atoms with van der Waals surface area (Å²) in [7, 11) is 0. The van der Waals surface area contributed by atoms with Crippen LogP contribution < -0.4 is 4.74 Å². The van der Waals surface area contributed by atoms with Gasteiger partial charge in [0.1, 0.15) is 16.5 Å². The smallest absolute Gasteiger partial charge is 0.226 e. The average molecular weight is 491 g/mol. The Labute approximate surface area is 207 Å². The fourth-order valence-corrected chi connectivity index (χ4v) is 4.81. The van der Waals surface area contributed by atoms with E-state index in [1.165, 1.54) is 5.56 Å². The van der Waals surface area contributed by atoms with Gasteiger partial charge in [-0.15, -0.1) is 0 Å². The van der Waals surface area contributed by atoms with Gasteiger partial charge in [0, 0.05) is 29.3 Å². The van der Waals surface area contributed by atoms with Crippen molar-refractivity contribution in [2.75, 3.05) is 6.61 Å². The highest BCUT2D eigenvalue weighted by Gasteiger charge is 2.15. The number of aromatic nitrogens is 4. The quantitative estimate of drug-likeness (QED) is 0.228. The Kier molecular flexibility index (Phi) is 6.30. The van der Waals surface area contributed by atoms with Gasteiger partial charge in [-0.2, -0.15) is 5.10 Å². The second-order valence-electron chi connectivity index (χ2n) is 7.85. The third kappa shape index (κ3) is 4.54. The van der Waals surface area contributed by atoms with Gasteiger partial charge in [0.2, 0.25) is 5.89 Å². The number of thioether (sulfide) groups is 1. The summed E-state index contributed by atoms with van der Waals surface area (Å²) in [5.41, 5.74) is 5.74. The van der Waals surface area contributed by atoms with Crippen LogP contribution in [0.5, 0.6) is 5.75 Å². The SMILES string of the molecule is CCOc1ccc(-c2cc3c(SCc4nc(-c5ccc(C)cc5)oc4C)nccn3n2)cc1Cl. The second-order valence-corrected chi connectivity index (χ2v) is 9.22. The third-order valence-corrected chi connectivity index (χ3v) is 6.72. The number of fused-ring (bicyclic) bond motifs is 1. The first-order valence-electron chi connectivity index (χ1n) is 10.9. The number of nitrogens with zero attached hydrogens (tertiary/aromatic N) is 4. The summed E-state index contributed by atoms with van der Waals surface area (Å²) in [6, 6.07) is 15.9. The minimum absolute atomic E-state index is 0.565. The maximum absolute atomic E-state index is 6.38. The molecule has 0 aliphatic rings. The lowest BCUT2D eigenvalue weighted by atomic mass is 10.1. The maximum atomic E-state index is 6.38. The number of ether oxygens (including phenoxy) is 1. The van der Waals surface area contributed by atoms with Crippen LogP contribution in [0, 0.1) is 13.8 Å². The normalized spacial score (nSPS) is 11.3. The molecule has 2 aromatic carbocycles. The molecule has 0 N–H and O–H groups in total. The van der Waals surface area contributed by atoms with Crippen LogP contribution in [0.1, 0.15) is 23.9 Å². The lowest BCUT2D eigenvalue weighted by molar-refractivity contribution is 0.340. The molecule has 34 heavy (non-hydrogen) atoms. The van der Waals surface area contributed by atoms with Crippen molar-refractivity contribution in [3.05, 3.63) is 83.0 Å². The van der Waals surface area contributed by atoms with E-state index < -0.39 is 0 Å². The Morgan fingerprint density at radius 3 is 2.62 bits per heavy atom. The van der Waals surface area contributed by atoms with Crippen molar-refractivity contribution in [1.82, 2.24) is 19.6 Å². The summed E-state index contributed by atoms with van der Waals surface area (Å²) in [5, 5.41) is 6.15. The van der Waals surface area contributed by atoms with E-state index in [4.69, 9.17) is 30.8 Å². The number of halogens is 1. The van der Waals surface area contributed by atoms with E-state index in [-0.39, 0.29) is 0 Å². The van der Waals surface area contributed by atoms with Crippen molar-refractivity contribution < 1.29 is 9.15 Å². The molecule has 8 heteroatoms. The number of aryl methyl sites for hydroxylation is 2. The zero-order valence-electron chi connectivity index (χ0n) is 19.1. The highest BCUT2D eigenvalue weighted by atomic mass is 35.5. The van der Waals surface area contributed by atoms with Crippen molar-refractivity contribution in [2.24, 2.45) is 0 Å². The number of rotatable bonds is 7. The van der Waals surface area contributed by atoms with Gasteiger partial charge < -0.3 is 9.15 Å². The summed E-state index contributed by atoms with van der Waals surface area (Å²) in [5.74, 6) is 2.76. The topological polar surface area (TPSA) is 65.5 Å². The molecular formula is C26H23ClN4O2S. The van der Waals surface area contributed by atoms with Crippen LogP contribution in [0.2, 0.25) is 5.02 Å². The minimum Gasteiger partial charge on any atom is -0.492 e. The van der Waals surface area contributed by atoms with Crippen LogP contribution >= 0.6 is 23.4 Å². The van der Waals surface area contributed by atoms with Gasteiger partial charge in [-0.25, -0.2) is 14.5 Å². The Morgan fingerprint density at radius 1 is 1.06 bits per heavy atom. The molecule has 5 aromatic rings. The molecular weight excluding hydrogens is 468 g/mol. The Hall–Kier alpha value is -3.29. The predicted molar refractivity (Wildman–Crippen MR) is 136 cm³/mol. The van der Waals surface area contributed by atoms with Gasteiger partial charge in [-0.05, 0) is 57.2 Å². The van der Waals surface area contributed by atoms with Gasteiger partial charge >= 0.3 is 0 Å². The Morgan fingerprint density at radius 2 is 1.85 bits per heavy atom. The molecule has 5 rings (SSSR count). The molecule has 0 aliphatic carbocycles. The van der Waals surface area contributed by atoms with Crippen LogP contribution in [0.15, 0.2) is 70.4 Å². The Balaban J connectivity index is 1.39. The molecule has 172 valence electrons. The molecule has 0 fully saturated rings. The third-order valence-electron chi connectivity index (χ3n) is 5.42. The van der Waals surface area contributed by atoms with Gasteiger partial charge in [0.25, 0.3) is 0 Å². The molecule has 0 spiro atoms. The molecule has 0 aliphatic heterocycles. The summed E-state index contributed by atoms with van der Waals surface area (Å²) in [4.78, 5) is 9.31. The highest BCUT2D eigenvalue weighted by molar-refractivity contribution is 7.98. The van der Waals surface area contributed by atoms with E-state index in [0.29, 0.717) is 29.0 Å². The predicted octanol–water partition coefficient (Wildman–Crippen LogP) is 7.01. The monoisotopic (exact) mass is 490 g/mol. The summed E-state index contributed by atoms with van der Waals surface area (Å²) in [6.07, 6.45) is 3.60. The van der Waals surface area contributed by atoms with E-state index >= 15 is 0 Å². The average Bonchev–Trinajstić information content (AvgIpc) is 3.43. The first kappa shape index (κ1) is 22.5. The first-order chi connectivity index (χ1) is 16.5. The van der Waals surface area contributed by atoms with Crippen LogP contribution in [0.4, 0.5) is 0 Å². The molecule has 0 amide bonds. The molecule has 0 saturated heterocycles. The van der Waals surface area contributed by atoms with Gasteiger partial charge in [-0.3, -0.25) is 0 Å². The van der Waals surface area contributed by atoms with E-state index in [9.17, 15) is 0 Å². The fourth-order valence-electron chi connectivity index (χ4n) is 3.60. The van der Waals surface area contributed by atoms with E-state index in [2.05, 4.69) is 24.0 Å². The second kappa shape index (κ2) is 9.52. The van der Waals surface area contributed by atoms with Crippen LogP contribution in [-0.2, 0) is 5.75 Å². The molecule has 3 heterocycles. The van der Waals surface area contributed by atoms with E-state index in [1.54, 1.807) is 18.0 Å². The van der Waals surface area contributed by atoms with Crippen molar-refractivity contribution in [2.45, 2.75) is 31.6 Å². The molecule has 0 unspecified atom stereocenters. The zero-order chi connectivity index (χ0) is 23.7. The summed E-state index contributed by atoms with van der Waals surface area (Å²) in [6.45, 7) is 6.51. The number of benzene rings is 2. The summed E-state index contributed by atoms with van der Waals surface area (Å²) >= 11 is 7.99. The first-order valence-corrected chi connectivity index (χ1v) is 12.3. The van der Waals surface area contributed by atoms with Crippen LogP contribution in [0.25, 0.3) is 28.2 Å². The van der Waals surface area contributed by atoms with Crippen LogP contribution in [0.3, 0.4) is 0 Å². The van der Waals surface area contributed by atoms with Gasteiger partial charge in [0.15, 0.2) is 0 Å². The summed E-state index contributed by atoms with van der Waals surface area (Å²) < 4.78 is 13.3. The van der Waals surface area contributed by atoms with E-state index in [1.807, 2.05) is 61.0 Å². The highest BCUT2D eigenvalue weighted by Crippen LogP contribution is 2.33. The molecule has 3 aromatic heterocycles. The molecule has 0 atom stereocenters. The molecule has 0 radical (unpaired) electrons. The van der Waals surface area contributed by atoms with Gasteiger partial charge in [-0.1, -0.05) is 41.1 Å². The number of hydrogen-bond acceptors (Lipinski definition) is 6. The van der Waals surface area contributed by atoms with E-state index in [0.717, 1.165) is 38.8 Å². The molecule has 0 bridgehead atoms.